The fourth-order valence-electron chi connectivity index (χ4n) is 2.54. The van der Waals surface area contributed by atoms with E-state index in [1.54, 1.807) is 0 Å². The number of carbonyl (C=O) groups is 1. The number of hydrogen-bond donors (Lipinski definition) is 2. The van der Waals surface area contributed by atoms with Gasteiger partial charge in [0, 0.05) is 28.6 Å². The topological polar surface area (TPSA) is 66.6 Å². The summed E-state index contributed by atoms with van der Waals surface area (Å²) in [5, 5.41) is 8.98. The Morgan fingerprint density at radius 1 is 1.33 bits per heavy atom. The maximum absolute atomic E-state index is 10.9. The van der Waals surface area contributed by atoms with Crippen LogP contribution in [0.15, 0.2) is 24.3 Å². The van der Waals surface area contributed by atoms with Crippen LogP contribution in [0.4, 0.5) is 4.79 Å². The van der Waals surface area contributed by atoms with E-state index in [1.807, 2.05) is 0 Å². The zero-order valence-corrected chi connectivity index (χ0v) is 12.3. The highest BCUT2D eigenvalue weighted by molar-refractivity contribution is 14.1. The highest BCUT2D eigenvalue weighted by atomic mass is 127. The van der Waals surface area contributed by atoms with Gasteiger partial charge in [-0.15, -0.1) is 0 Å². The fraction of sp³-hybridized carbons (Fsp3) is 0.462. The number of hydrogen-bond acceptors (Lipinski definition) is 2. The van der Waals surface area contributed by atoms with Crippen molar-refractivity contribution in [3.05, 3.63) is 33.4 Å². The Labute approximate surface area is 120 Å². The Hall–Kier alpha value is -0.820. The summed E-state index contributed by atoms with van der Waals surface area (Å²) >= 11 is 2.28. The van der Waals surface area contributed by atoms with Crippen LogP contribution in [0.25, 0.3) is 0 Å². The lowest BCUT2D eigenvalue weighted by molar-refractivity contribution is 0.117. The minimum atomic E-state index is -0.830. The summed E-state index contributed by atoms with van der Waals surface area (Å²) in [6, 6.07) is 8.39. The third-order valence-electron chi connectivity index (χ3n) is 3.84. The summed E-state index contributed by atoms with van der Waals surface area (Å²) in [6.07, 6.45) is 0.774. The number of nitrogens with two attached hydrogens (primary N) is 1. The number of carboxylic acid groups (broad SMARTS) is 1. The summed E-state index contributed by atoms with van der Waals surface area (Å²) in [4.78, 5) is 12.4. The molecular weight excluding hydrogens is 343 g/mol. The molecule has 2 rings (SSSR count). The molecule has 1 saturated heterocycles. The number of amides is 1. The summed E-state index contributed by atoms with van der Waals surface area (Å²) in [5.41, 5.74) is 7.13. The number of halogens is 1. The molecule has 1 aromatic rings. The monoisotopic (exact) mass is 360 g/mol. The third-order valence-corrected chi connectivity index (χ3v) is 4.56. The van der Waals surface area contributed by atoms with E-state index in [9.17, 15) is 4.79 Å². The normalized spacial score (nSPS) is 18.7. The first-order valence-electron chi connectivity index (χ1n) is 6.01. The standard InChI is InChI=1S/C13H17IN2O2/c14-11-3-1-10(2-4-11)13(9-15)5-7-16(8-6-13)12(17)18/h1-4H,5-9,15H2,(H,17,18). The van der Waals surface area contributed by atoms with E-state index < -0.39 is 6.09 Å². The molecule has 98 valence electrons. The molecule has 1 heterocycles. The molecule has 0 aliphatic carbocycles. The first kappa shape index (κ1) is 13.6. The lowest BCUT2D eigenvalue weighted by Crippen LogP contribution is -2.48. The van der Waals surface area contributed by atoms with Crippen molar-refractivity contribution in [3.8, 4) is 0 Å². The van der Waals surface area contributed by atoms with Crippen molar-refractivity contribution in [1.29, 1.82) is 0 Å². The largest absolute Gasteiger partial charge is 0.465 e. The van der Waals surface area contributed by atoms with Crippen molar-refractivity contribution < 1.29 is 9.90 Å². The van der Waals surface area contributed by atoms with Crippen molar-refractivity contribution in [2.45, 2.75) is 18.3 Å². The highest BCUT2D eigenvalue weighted by Gasteiger charge is 2.36. The van der Waals surface area contributed by atoms with Gasteiger partial charge in [0.2, 0.25) is 0 Å². The first-order chi connectivity index (χ1) is 8.57. The molecular formula is C13H17IN2O2. The second-order valence-corrected chi connectivity index (χ2v) is 6.01. The Balaban J connectivity index is 2.18. The average Bonchev–Trinajstić information content (AvgIpc) is 2.39. The van der Waals surface area contributed by atoms with E-state index in [2.05, 4.69) is 46.9 Å². The Bertz CT molecular complexity index is 425. The predicted octanol–water partition coefficient (Wildman–Crippen LogP) is 2.26. The maximum Gasteiger partial charge on any atom is 0.407 e. The van der Waals surface area contributed by atoms with Gasteiger partial charge in [-0.05, 0) is 53.1 Å². The van der Waals surface area contributed by atoms with Crippen LogP contribution in [0.1, 0.15) is 18.4 Å². The fourth-order valence-corrected chi connectivity index (χ4v) is 2.90. The molecule has 0 unspecified atom stereocenters. The highest BCUT2D eigenvalue weighted by Crippen LogP contribution is 2.34. The van der Waals surface area contributed by atoms with Crippen molar-refractivity contribution in [2.75, 3.05) is 19.6 Å². The molecule has 0 saturated carbocycles. The molecule has 3 N–H and O–H groups in total. The lowest BCUT2D eigenvalue weighted by atomic mass is 9.73. The van der Waals surface area contributed by atoms with Crippen LogP contribution < -0.4 is 5.73 Å². The zero-order valence-electron chi connectivity index (χ0n) is 10.1. The molecule has 1 fully saturated rings. The van der Waals surface area contributed by atoms with Gasteiger partial charge < -0.3 is 15.7 Å². The SMILES string of the molecule is NCC1(c2ccc(I)cc2)CCN(C(=O)O)CC1. The van der Waals surface area contributed by atoms with Gasteiger partial charge in [-0.1, -0.05) is 12.1 Å². The van der Waals surface area contributed by atoms with Crippen LogP contribution in [-0.4, -0.2) is 35.7 Å². The van der Waals surface area contributed by atoms with Gasteiger partial charge in [-0.3, -0.25) is 0 Å². The average molecular weight is 360 g/mol. The molecule has 0 atom stereocenters. The lowest BCUT2D eigenvalue weighted by Gasteiger charge is -2.40. The molecule has 1 amide bonds. The molecule has 18 heavy (non-hydrogen) atoms. The minimum absolute atomic E-state index is 0.0592. The van der Waals surface area contributed by atoms with Gasteiger partial charge in [0.1, 0.15) is 0 Å². The maximum atomic E-state index is 10.9. The van der Waals surface area contributed by atoms with Gasteiger partial charge in [0.15, 0.2) is 0 Å². The molecule has 0 bridgehead atoms. The number of likely N-dealkylation sites (tertiary alicyclic amines) is 1. The van der Waals surface area contributed by atoms with Gasteiger partial charge >= 0.3 is 6.09 Å². The molecule has 1 aromatic carbocycles. The summed E-state index contributed by atoms with van der Waals surface area (Å²) in [7, 11) is 0. The van der Waals surface area contributed by atoms with E-state index in [0.29, 0.717) is 19.6 Å². The summed E-state index contributed by atoms with van der Waals surface area (Å²) < 4.78 is 1.20. The number of nitrogens with zero attached hydrogens (tertiary/aromatic N) is 1. The summed E-state index contributed by atoms with van der Waals surface area (Å²) in [6.45, 7) is 1.71. The Morgan fingerprint density at radius 2 is 1.89 bits per heavy atom. The number of piperidine rings is 1. The molecule has 1 aliphatic heterocycles. The van der Waals surface area contributed by atoms with Crippen molar-refractivity contribution in [2.24, 2.45) is 5.73 Å². The molecule has 1 aliphatic rings. The van der Waals surface area contributed by atoms with Crippen LogP contribution >= 0.6 is 22.6 Å². The van der Waals surface area contributed by atoms with Crippen LogP contribution in [0.5, 0.6) is 0 Å². The van der Waals surface area contributed by atoms with E-state index in [4.69, 9.17) is 10.8 Å². The van der Waals surface area contributed by atoms with Crippen LogP contribution in [0.3, 0.4) is 0 Å². The van der Waals surface area contributed by atoms with Gasteiger partial charge in [-0.2, -0.15) is 0 Å². The van der Waals surface area contributed by atoms with Crippen molar-refractivity contribution >= 4 is 28.7 Å². The van der Waals surface area contributed by atoms with Gasteiger partial charge in [0.05, 0.1) is 0 Å². The van der Waals surface area contributed by atoms with Gasteiger partial charge in [-0.25, -0.2) is 4.79 Å². The smallest absolute Gasteiger partial charge is 0.407 e. The van der Waals surface area contributed by atoms with Crippen LogP contribution in [0, 0.1) is 3.57 Å². The second kappa shape index (κ2) is 5.44. The zero-order chi connectivity index (χ0) is 13.2. The number of benzene rings is 1. The van der Waals surface area contributed by atoms with Crippen molar-refractivity contribution in [1.82, 2.24) is 4.90 Å². The van der Waals surface area contributed by atoms with Crippen LogP contribution in [-0.2, 0) is 5.41 Å². The molecule has 0 spiro atoms. The van der Waals surface area contributed by atoms with E-state index in [0.717, 1.165) is 12.8 Å². The Morgan fingerprint density at radius 3 is 2.33 bits per heavy atom. The van der Waals surface area contributed by atoms with E-state index in [-0.39, 0.29) is 5.41 Å². The molecule has 0 aromatic heterocycles. The molecule has 0 radical (unpaired) electrons. The third kappa shape index (κ3) is 2.61. The van der Waals surface area contributed by atoms with Crippen molar-refractivity contribution in [3.63, 3.8) is 0 Å². The number of rotatable bonds is 2. The van der Waals surface area contributed by atoms with Gasteiger partial charge in [0.25, 0.3) is 0 Å². The quantitative estimate of drug-likeness (QED) is 0.796. The first-order valence-corrected chi connectivity index (χ1v) is 7.09. The summed E-state index contributed by atoms with van der Waals surface area (Å²) in [5.74, 6) is 0. The molecule has 4 nitrogen and oxygen atoms in total. The minimum Gasteiger partial charge on any atom is -0.465 e. The predicted molar refractivity (Wildman–Crippen MR) is 78.7 cm³/mol. The molecule has 5 heteroatoms. The second-order valence-electron chi connectivity index (χ2n) is 4.76. The van der Waals surface area contributed by atoms with Crippen LogP contribution in [0.2, 0.25) is 0 Å². The van der Waals surface area contributed by atoms with E-state index >= 15 is 0 Å². The Kier molecular flexibility index (Phi) is 4.11. The van der Waals surface area contributed by atoms with E-state index in [1.165, 1.54) is 14.0 Å².